The molecule has 4 rings (SSSR count). The van der Waals surface area contributed by atoms with Crippen molar-refractivity contribution < 1.29 is 4.74 Å². The highest BCUT2D eigenvalue weighted by Gasteiger charge is 2.17. The van der Waals surface area contributed by atoms with Gasteiger partial charge in [0.25, 0.3) is 0 Å². The smallest absolute Gasteiger partial charge is 0.134 e. The highest BCUT2D eigenvalue weighted by Crippen LogP contribution is 2.29. The number of ether oxygens (including phenoxy) is 1. The molecule has 1 N–H and O–H groups in total. The van der Waals surface area contributed by atoms with Crippen LogP contribution in [0.4, 0.5) is 0 Å². The van der Waals surface area contributed by atoms with Gasteiger partial charge in [0.2, 0.25) is 0 Å². The van der Waals surface area contributed by atoms with Crippen molar-refractivity contribution in [1.29, 1.82) is 0 Å². The van der Waals surface area contributed by atoms with Crippen LogP contribution in [0.3, 0.4) is 0 Å². The lowest BCUT2D eigenvalue weighted by Crippen LogP contribution is -2.24. The molecule has 0 spiro atoms. The lowest BCUT2D eigenvalue weighted by atomic mass is 10.0. The molecule has 0 unspecified atom stereocenters. The van der Waals surface area contributed by atoms with Gasteiger partial charge in [0.15, 0.2) is 0 Å². The van der Waals surface area contributed by atoms with Crippen LogP contribution in [0.25, 0.3) is 0 Å². The summed E-state index contributed by atoms with van der Waals surface area (Å²) >= 11 is 0. The van der Waals surface area contributed by atoms with Crippen LogP contribution in [0.2, 0.25) is 0 Å². The summed E-state index contributed by atoms with van der Waals surface area (Å²) in [5.41, 5.74) is 2.72. The molecule has 134 valence electrons. The minimum atomic E-state index is 0.387. The Balaban J connectivity index is 1.38. The first kappa shape index (κ1) is 16.6. The molecule has 0 radical (unpaired) electrons. The van der Waals surface area contributed by atoms with E-state index in [4.69, 9.17) is 4.74 Å². The Kier molecular flexibility index (Phi) is 5.02. The Bertz CT molecular complexity index is 724. The van der Waals surface area contributed by atoms with Gasteiger partial charge in [-0.3, -0.25) is 0 Å². The van der Waals surface area contributed by atoms with Crippen LogP contribution in [0.5, 0.6) is 5.75 Å². The minimum absolute atomic E-state index is 0.387. The second-order valence-electron chi connectivity index (χ2n) is 7.13. The molecule has 2 aromatic rings. The molecule has 5 heteroatoms. The maximum absolute atomic E-state index is 5.62. The molecule has 2 aliphatic rings. The van der Waals surface area contributed by atoms with Gasteiger partial charge >= 0.3 is 0 Å². The standard InChI is InChI=1S/C20H28N4O/c1-2-17(15-7-8-18-16(14-15)10-13-25-18)21-11-9-20-23-22-19-6-4-3-5-12-24(19)20/h7-8,14,17,21H,2-6,9-13H2,1H3/t17-/m1/s1. The van der Waals surface area contributed by atoms with Crippen LogP contribution in [-0.2, 0) is 25.8 Å². The molecule has 5 nitrogen and oxygen atoms in total. The van der Waals surface area contributed by atoms with Crippen molar-refractivity contribution in [3.05, 3.63) is 41.0 Å². The zero-order chi connectivity index (χ0) is 17.1. The molecule has 1 aromatic heterocycles. The van der Waals surface area contributed by atoms with Crippen LogP contribution >= 0.6 is 0 Å². The average molecular weight is 340 g/mol. The molecule has 0 saturated heterocycles. The van der Waals surface area contributed by atoms with Gasteiger partial charge in [0.05, 0.1) is 6.61 Å². The number of nitrogens with one attached hydrogen (secondary N) is 1. The Morgan fingerprint density at radius 2 is 2.16 bits per heavy atom. The summed E-state index contributed by atoms with van der Waals surface area (Å²) < 4.78 is 7.97. The molecule has 25 heavy (non-hydrogen) atoms. The van der Waals surface area contributed by atoms with E-state index < -0.39 is 0 Å². The molecule has 1 aromatic carbocycles. The van der Waals surface area contributed by atoms with Gasteiger partial charge in [-0.15, -0.1) is 10.2 Å². The van der Waals surface area contributed by atoms with E-state index in [-0.39, 0.29) is 0 Å². The fourth-order valence-electron chi connectivity index (χ4n) is 4.01. The first-order chi connectivity index (χ1) is 12.3. The molecule has 2 aliphatic heterocycles. The molecule has 0 fully saturated rings. The Morgan fingerprint density at radius 1 is 1.20 bits per heavy atom. The van der Waals surface area contributed by atoms with Crippen molar-refractivity contribution in [2.24, 2.45) is 0 Å². The van der Waals surface area contributed by atoms with E-state index in [0.29, 0.717) is 6.04 Å². The third-order valence-electron chi connectivity index (χ3n) is 5.45. The molecular formula is C20H28N4O. The molecule has 0 saturated carbocycles. The van der Waals surface area contributed by atoms with Gasteiger partial charge in [-0.05, 0) is 36.5 Å². The van der Waals surface area contributed by atoms with Gasteiger partial charge in [-0.25, -0.2) is 0 Å². The highest BCUT2D eigenvalue weighted by molar-refractivity contribution is 5.40. The molecule has 0 bridgehead atoms. The SMILES string of the molecule is CC[C@@H](NCCc1nnc2n1CCCCC2)c1ccc2c(c1)CCO2. The van der Waals surface area contributed by atoms with Crippen LogP contribution in [0.1, 0.15) is 61.4 Å². The van der Waals surface area contributed by atoms with Crippen LogP contribution in [-0.4, -0.2) is 27.9 Å². The molecule has 0 amide bonds. The van der Waals surface area contributed by atoms with E-state index in [1.807, 2.05) is 0 Å². The highest BCUT2D eigenvalue weighted by atomic mass is 16.5. The van der Waals surface area contributed by atoms with E-state index in [1.165, 1.54) is 36.2 Å². The van der Waals surface area contributed by atoms with Crippen molar-refractivity contribution in [1.82, 2.24) is 20.1 Å². The summed E-state index contributed by atoms with van der Waals surface area (Å²) in [6.45, 7) is 5.08. The average Bonchev–Trinajstić information content (AvgIpc) is 3.18. The third-order valence-corrected chi connectivity index (χ3v) is 5.45. The fourth-order valence-corrected chi connectivity index (χ4v) is 4.01. The van der Waals surface area contributed by atoms with Crippen molar-refractivity contribution in [3.8, 4) is 5.75 Å². The van der Waals surface area contributed by atoms with Crippen molar-refractivity contribution in [2.45, 2.75) is 64.5 Å². The molecule has 1 atom stereocenters. The van der Waals surface area contributed by atoms with Crippen molar-refractivity contribution in [2.75, 3.05) is 13.2 Å². The molecule has 0 aliphatic carbocycles. The largest absolute Gasteiger partial charge is 0.493 e. The molecular weight excluding hydrogens is 312 g/mol. The quantitative estimate of drug-likeness (QED) is 0.877. The van der Waals surface area contributed by atoms with Gasteiger partial charge in [-0.1, -0.05) is 25.5 Å². The number of aryl methyl sites for hydroxylation is 1. The summed E-state index contributed by atoms with van der Waals surface area (Å²) in [6.07, 6.45) is 7.94. The lowest BCUT2D eigenvalue weighted by Gasteiger charge is -2.18. The van der Waals surface area contributed by atoms with E-state index >= 15 is 0 Å². The van der Waals surface area contributed by atoms with Gasteiger partial charge in [-0.2, -0.15) is 0 Å². The zero-order valence-electron chi connectivity index (χ0n) is 15.1. The maximum atomic E-state index is 5.62. The van der Waals surface area contributed by atoms with Gasteiger partial charge < -0.3 is 14.6 Å². The van der Waals surface area contributed by atoms with E-state index in [0.717, 1.165) is 57.0 Å². The van der Waals surface area contributed by atoms with E-state index in [9.17, 15) is 0 Å². The first-order valence-electron chi connectivity index (χ1n) is 9.75. The second-order valence-corrected chi connectivity index (χ2v) is 7.13. The second kappa shape index (κ2) is 7.56. The Labute approximate surface area is 149 Å². The zero-order valence-corrected chi connectivity index (χ0v) is 15.1. The van der Waals surface area contributed by atoms with Crippen LogP contribution < -0.4 is 10.1 Å². The predicted octanol–water partition coefficient (Wildman–Crippen LogP) is 3.22. The van der Waals surface area contributed by atoms with Crippen molar-refractivity contribution in [3.63, 3.8) is 0 Å². The minimum Gasteiger partial charge on any atom is -0.493 e. The number of benzene rings is 1. The van der Waals surface area contributed by atoms with Gasteiger partial charge in [0.1, 0.15) is 17.4 Å². The number of fused-ring (bicyclic) bond motifs is 2. The van der Waals surface area contributed by atoms with Gasteiger partial charge in [0, 0.05) is 38.4 Å². The number of nitrogens with zero attached hydrogens (tertiary/aromatic N) is 3. The molecule has 3 heterocycles. The monoisotopic (exact) mass is 340 g/mol. The van der Waals surface area contributed by atoms with Crippen molar-refractivity contribution >= 4 is 0 Å². The first-order valence-corrected chi connectivity index (χ1v) is 9.75. The topological polar surface area (TPSA) is 52.0 Å². The van der Waals surface area contributed by atoms with E-state index in [2.05, 4.69) is 45.2 Å². The third kappa shape index (κ3) is 3.56. The summed E-state index contributed by atoms with van der Waals surface area (Å²) in [7, 11) is 0. The summed E-state index contributed by atoms with van der Waals surface area (Å²) in [6, 6.07) is 7.03. The summed E-state index contributed by atoms with van der Waals surface area (Å²) in [5, 5.41) is 12.6. The Morgan fingerprint density at radius 3 is 3.08 bits per heavy atom. The van der Waals surface area contributed by atoms with Crippen LogP contribution in [0.15, 0.2) is 18.2 Å². The fraction of sp³-hybridized carbons (Fsp3) is 0.600. The number of hydrogen-bond donors (Lipinski definition) is 1. The summed E-state index contributed by atoms with van der Waals surface area (Å²) in [4.78, 5) is 0. The maximum Gasteiger partial charge on any atom is 0.134 e. The number of hydrogen-bond acceptors (Lipinski definition) is 4. The lowest BCUT2D eigenvalue weighted by molar-refractivity contribution is 0.356. The Hall–Kier alpha value is -1.88. The van der Waals surface area contributed by atoms with E-state index in [1.54, 1.807) is 0 Å². The number of rotatable bonds is 6. The predicted molar refractivity (Wildman–Crippen MR) is 98.0 cm³/mol. The normalized spacial score (nSPS) is 17.5. The summed E-state index contributed by atoms with van der Waals surface area (Å²) in [5.74, 6) is 3.38. The van der Waals surface area contributed by atoms with Crippen LogP contribution in [0, 0.1) is 0 Å². The number of aromatic nitrogens is 3.